The largest absolute Gasteiger partial charge is 0.496 e. The molecule has 1 aromatic carbocycles. The van der Waals surface area contributed by atoms with Gasteiger partial charge in [0.05, 0.1) is 17.6 Å². The van der Waals surface area contributed by atoms with E-state index in [9.17, 15) is 13.2 Å². The number of sulfonamides is 1. The second-order valence-corrected chi connectivity index (χ2v) is 9.14. The summed E-state index contributed by atoms with van der Waals surface area (Å²) >= 11 is 0. The molecule has 2 aliphatic rings. The van der Waals surface area contributed by atoms with E-state index in [0.717, 1.165) is 51.6 Å². The van der Waals surface area contributed by atoms with Crippen molar-refractivity contribution < 1.29 is 17.9 Å². The van der Waals surface area contributed by atoms with Crippen LogP contribution in [0, 0.1) is 0 Å². The number of benzene rings is 1. The van der Waals surface area contributed by atoms with Gasteiger partial charge in [0.15, 0.2) is 0 Å². The lowest BCUT2D eigenvalue weighted by Crippen LogP contribution is -2.45. The number of carbonyl (C=O) groups excluding carboxylic acids is 1. The summed E-state index contributed by atoms with van der Waals surface area (Å²) in [6.45, 7) is 2.74. The Kier molecular flexibility index (Phi) is 6.73. The lowest BCUT2D eigenvalue weighted by molar-refractivity contribution is 0.0927. The number of nitrogens with zero attached hydrogens (tertiary/aromatic N) is 1. The lowest BCUT2D eigenvalue weighted by atomic mass is 10.1. The molecule has 0 radical (unpaired) electrons. The molecule has 3 rings (SSSR count). The molecule has 1 amide bonds. The smallest absolute Gasteiger partial charge is 0.255 e. The molecule has 7 nitrogen and oxygen atoms in total. The van der Waals surface area contributed by atoms with Crippen LogP contribution in [-0.4, -0.2) is 58.0 Å². The van der Waals surface area contributed by atoms with E-state index in [2.05, 4.69) is 10.6 Å². The first kappa shape index (κ1) is 20.1. The summed E-state index contributed by atoms with van der Waals surface area (Å²) in [7, 11) is -2.13. The molecule has 2 saturated heterocycles. The molecule has 2 aliphatic heterocycles. The maximum absolute atomic E-state index is 13.0. The monoisotopic (exact) mass is 395 g/mol. The standard InChI is InChI=1S/C19H29N3O4S/c1-26-18-9-8-16(27(24,25)22-11-4-2-3-5-12-22)13-17(18)19(23)21-15-7-6-10-20-14-15/h8-9,13,15,20H,2-7,10-12,14H2,1H3,(H,21,23)/t15-/m0/s1. The maximum Gasteiger partial charge on any atom is 0.255 e. The summed E-state index contributed by atoms with van der Waals surface area (Å²) in [6, 6.07) is 4.59. The van der Waals surface area contributed by atoms with Gasteiger partial charge in [-0.1, -0.05) is 12.8 Å². The van der Waals surface area contributed by atoms with Crippen LogP contribution in [0.25, 0.3) is 0 Å². The summed E-state index contributed by atoms with van der Waals surface area (Å²) in [5.41, 5.74) is 0.263. The van der Waals surface area contributed by atoms with Gasteiger partial charge in [0, 0.05) is 25.7 Å². The average Bonchev–Trinajstić information content (AvgIpc) is 2.98. The Morgan fingerprint density at radius 3 is 2.56 bits per heavy atom. The number of piperidine rings is 1. The van der Waals surface area contributed by atoms with Gasteiger partial charge in [0.25, 0.3) is 5.91 Å². The molecule has 1 aromatic rings. The van der Waals surface area contributed by atoms with E-state index in [4.69, 9.17) is 4.74 Å². The van der Waals surface area contributed by atoms with E-state index in [-0.39, 0.29) is 22.4 Å². The van der Waals surface area contributed by atoms with Crippen LogP contribution in [0.2, 0.25) is 0 Å². The lowest BCUT2D eigenvalue weighted by Gasteiger charge is -2.24. The number of rotatable bonds is 5. The van der Waals surface area contributed by atoms with Gasteiger partial charge in [-0.15, -0.1) is 0 Å². The minimum absolute atomic E-state index is 0.0434. The number of amides is 1. The van der Waals surface area contributed by atoms with E-state index in [1.165, 1.54) is 23.5 Å². The van der Waals surface area contributed by atoms with Crippen LogP contribution in [-0.2, 0) is 10.0 Å². The molecule has 0 aromatic heterocycles. The van der Waals surface area contributed by atoms with Gasteiger partial charge < -0.3 is 15.4 Å². The van der Waals surface area contributed by atoms with E-state index in [1.807, 2.05) is 0 Å². The van der Waals surface area contributed by atoms with Gasteiger partial charge in [0.1, 0.15) is 5.75 Å². The predicted molar refractivity (Wildman–Crippen MR) is 104 cm³/mol. The molecular formula is C19H29N3O4S. The summed E-state index contributed by atoms with van der Waals surface area (Å²) in [4.78, 5) is 12.9. The highest BCUT2D eigenvalue weighted by atomic mass is 32.2. The first-order chi connectivity index (χ1) is 13.0. The van der Waals surface area contributed by atoms with E-state index < -0.39 is 10.0 Å². The van der Waals surface area contributed by atoms with Gasteiger partial charge >= 0.3 is 0 Å². The Balaban J connectivity index is 1.84. The van der Waals surface area contributed by atoms with Crippen LogP contribution < -0.4 is 15.4 Å². The third-order valence-corrected chi connectivity index (χ3v) is 7.15. The molecule has 0 unspecified atom stereocenters. The fourth-order valence-corrected chi connectivity index (χ4v) is 5.24. The summed E-state index contributed by atoms with van der Waals surface area (Å²) in [5.74, 6) is 0.0829. The second-order valence-electron chi connectivity index (χ2n) is 7.20. The van der Waals surface area contributed by atoms with Crippen LogP contribution in [0.1, 0.15) is 48.9 Å². The molecule has 27 heavy (non-hydrogen) atoms. The number of hydrogen-bond donors (Lipinski definition) is 2. The highest BCUT2D eigenvalue weighted by molar-refractivity contribution is 7.89. The highest BCUT2D eigenvalue weighted by Gasteiger charge is 2.27. The molecule has 1 atom stereocenters. The molecular weight excluding hydrogens is 366 g/mol. The van der Waals surface area contributed by atoms with Crippen LogP contribution in [0.5, 0.6) is 5.75 Å². The molecule has 8 heteroatoms. The van der Waals surface area contributed by atoms with E-state index in [1.54, 1.807) is 6.07 Å². The zero-order chi connectivity index (χ0) is 19.3. The van der Waals surface area contributed by atoms with Crippen molar-refractivity contribution in [3.63, 3.8) is 0 Å². The quantitative estimate of drug-likeness (QED) is 0.793. The number of methoxy groups -OCH3 is 1. The van der Waals surface area contributed by atoms with Crippen molar-refractivity contribution in [2.45, 2.75) is 49.5 Å². The highest BCUT2D eigenvalue weighted by Crippen LogP contribution is 2.26. The van der Waals surface area contributed by atoms with Gasteiger partial charge in [-0.2, -0.15) is 4.31 Å². The zero-order valence-corrected chi connectivity index (χ0v) is 16.7. The number of carbonyl (C=O) groups is 1. The van der Waals surface area contributed by atoms with Crippen LogP contribution in [0.3, 0.4) is 0 Å². The Bertz CT molecular complexity index is 752. The van der Waals surface area contributed by atoms with Gasteiger partial charge in [-0.3, -0.25) is 4.79 Å². The van der Waals surface area contributed by atoms with E-state index >= 15 is 0 Å². The fraction of sp³-hybridized carbons (Fsp3) is 0.632. The summed E-state index contributed by atoms with van der Waals surface area (Å²) < 4.78 is 32.9. The molecule has 2 N–H and O–H groups in total. The second kappa shape index (κ2) is 9.03. The first-order valence-corrected chi connectivity index (χ1v) is 11.2. The molecule has 0 spiro atoms. The Labute approximate surface area is 161 Å². The fourth-order valence-electron chi connectivity index (χ4n) is 3.69. The van der Waals surface area contributed by atoms with Crippen LogP contribution >= 0.6 is 0 Å². The third kappa shape index (κ3) is 4.80. The van der Waals surface area contributed by atoms with Crippen LogP contribution in [0.15, 0.2) is 23.1 Å². The zero-order valence-electron chi connectivity index (χ0n) is 15.9. The maximum atomic E-state index is 13.0. The molecule has 2 fully saturated rings. The summed E-state index contributed by atoms with van der Waals surface area (Å²) in [5, 5.41) is 6.24. The topological polar surface area (TPSA) is 87.7 Å². The van der Waals surface area contributed by atoms with Crippen molar-refractivity contribution >= 4 is 15.9 Å². The molecule has 2 heterocycles. The van der Waals surface area contributed by atoms with Crippen molar-refractivity contribution in [1.29, 1.82) is 0 Å². The number of ether oxygens (including phenoxy) is 1. The van der Waals surface area contributed by atoms with Crippen molar-refractivity contribution in [3.05, 3.63) is 23.8 Å². The molecule has 150 valence electrons. The number of nitrogens with one attached hydrogen (secondary N) is 2. The molecule has 0 aliphatic carbocycles. The molecule has 0 bridgehead atoms. The van der Waals surface area contributed by atoms with Gasteiger partial charge in [-0.25, -0.2) is 8.42 Å². The van der Waals surface area contributed by atoms with Gasteiger partial charge in [0.2, 0.25) is 10.0 Å². The van der Waals surface area contributed by atoms with E-state index in [0.29, 0.717) is 18.8 Å². The van der Waals surface area contributed by atoms with Gasteiger partial charge in [-0.05, 0) is 50.4 Å². The number of hydrogen-bond acceptors (Lipinski definition) is 5. The predicted octanol–water partition coefficient (Wildman–Crippen LogP) is 1.74. The van der Waals surface area contributed by atoms with Crippen molar-refractivity contribution in [3.8, 4) is 5.75 Å². The summed E-state index contributed by atoms with van der Waals surface area (Å²) in [6.07, 6.45) is 5.77. The van der Waals surface area contributed by atoms with Crippen molar-refractivity contribution in [2.24, 2.45) is 0 Å². The molecule has 0 saturated carbocycles. The third-order valence-electron chi connectivity index (χ3n) is 5.25. The van der Waals surface area contributed by atoms with Crippen LogP contribution in [0.4, 0.5) is 0 Å². The van der Waals surface area contributed by atoms with Crippen molar-refractivity contribution in [2.75, 3.05) is 33.3 Å². The normalized spacial score (nSPS) is 22.0. The minimum Gasteiger partial charge on any atom is -0.496 e. The first-order valence-electron chi connectivity index (χ1n) is 9.72. The minimum atomic E-state index is -3.61. The van der Waals surface area contributed by atoms with Crippen molar-refractivity contribution in [1.82, 2.24) is 14.9 Å². The Morgan fingerprint density at radius 1 is 1.19 bits per heavy atom. The Morgan fingerprint density at radius 2 is 1.93 bits per heavy atom. The SMILES string of the molecule is COc1ccc(S(=O)(=O)N2CCCCCC2)cc1C(=O)N[C@H]1CCCNC1. The average molecular weight is 396 g/mol. The Hall–Kier alpha value is -1.64.